The molecular formula is C16H16FNO2. The van der Waals surface area contributed by atoms with Gasteiger partial charge in [0, 0.05) is 6.07 Å². The Morgan fingerprint density at radius 3 is 2.90 bits per heavy atom. The summed E-state index contributed by atoms with van der Waals surface area (Å²) in [6.45, 7) is 4.31. The quantitative estimate of drug-likeness (QED) is 0.906. The van der Waals surface area contributed by atoms with Crippen LogP contribution in [0.5, 0.6) is 17.2 Å². The first-order valence-corrected chi connectivity index (χ1v) is 6.65. The highest BCUT2D eigenvalue weighted by Crippen LogP contribution is 2.36. The third-order valence-electron chi connectivity index (χ3n) is 3.36. The molecule has 0 unspecified atom stereocenters. The maximum Gasteiger partial charge on any atom is 0.166 e. The average Bonchev–Trinajstić information content (AvgIpc) is 2.90. The van der Waals surface area contributed by atoms with Crippen LogP contribution in [0.1, 0.15) is 18.1 Å². The van der Waals surface area contributed by atoms with Gasteiger partial charge in [0.2, 0.25) is 0 Å². The molecule has 2 aromatic carbocycles. The molecule has 0 saturated carbocycles. The van der Waals surface area contributed by atoms with Crippen LogP contribution in [0.3, 0.4) is 0 Å². The van der Waals surface area contributed by atoms with E-state index in [1.807, 2.05) is 26.0 Å². The molecule has 1 heterocycles. The molecule has 0 amide bonds. The van der Waals surface area contributed by atoms with E-state index < -0.39 is 0 Å². The maximum absolute atomic E-state index is 14.1. The number of ether oxygens (including phenoxy) is 2. The molecule has 1 aliphatic heterocycles. The number of anilines is 1. The number of aryl methyl sites for hydroxylation is 2. The van der Waals surface area contributed by atoms with E-state index in [1.165, 1.54) is 6.07 Å². The van der Waals surface area contributed by atoms with E-state index in [9.17, 15) is 4.39 Å². The molecule has 0 bridgehead atoms. The number of benzene rings is 2. The van der Waals surface area contributed by atoms with Crippen LogP contribution in [0, 0.1) is 12.7 Å². The lowest BCUT2D eigenvalue weighted by Gasteiger charge is -2.12. The predicted molar refractivity (Wildman–Crippen MR) is 76.1 cm³/mol. The minimum Gasteiger partial charge on any atom is -0.471 e. The summed E-state index contributed by atoms with van der Waals surface area (Å²) in [5.74, 6) is 1.24. The normalized spacial score (nSPS) is 12.6. The molecule has 0 atom stereocenters. The molecule has 3 rings (SSSR count). The predicted octanol–water partition coefficient (Wildman–Crippen LogP) is 4.25. The Kier molecular flexibility index (Phi) is 3.22. The standard InChI is InChI=1S/C16H16FNO2/c1-3-11-6-10(2)16(13(17)7-11)20-12-4-5-14-15(8-12)19-9-18-14/h4-8,18H,3,9H2,1-2H3. The molecule has 0 fully saturated rings. The lowest BCUT2D eigenvalue weighted by Crippen LogP contribution is -1.96. The molecule has 0 radical (unpaired) electrons. The van der Waals surface area contributed by atoms with E-state index in [0.29, 0.717) is 12.5 Å². The fourth-order valence-electron chi connectivity index (χ4n) is 2.28. The monoisotopic (exact) mass is 273 g/mol. The van der Waals surface area contributed by atoms with Gasteiger partial charge in [-0.3, -0.25) is 0 Å². The van der Waals surface area contributed by atoms with E-state index in [2.05, 4.69) is 5.32 Å². The summed E-state index contributed by atoms with van der Waals surface area (Å²) < 4.78 is 25.2. The summed E-state index contributed by atoms with van der Waals surface area (Å²) in [6.07, 6.45) is 0.802. The molecule has 1 aliphatic rings. The lowest BCUT2D eigenvalue weighted by atomic mass is 10.1. The highest BCUT2D eigenvalue weighted by molar-refractivity contribution is 5.61. The molecular weight excluding hydrogens is 257 g/mol. The lowest BCUT2D eigenvalue weighted by molar-refractivity contribution is 0.369. The van der Waals surface area contributed by atoms with Crippen molar-refractivity contribution in [1.29, 1.82) is 0 Å². The SMILES string of the molecule is CCc1cc(C)c(Oc2ccc3c(c2)OCN3)c(F)c1. The number of rotatable bonds is 3. The van der Waals surface area contributed by atoms with Gasteiger partial charge in [-0.25, -0.2) is 4.39 Å². The molecule has 0 saturated heterocycles. The van der Waals surface area contributed by atoms with Gasteiger partial charge in [0.15, 0.2) is 18.3 Å². The zero-order chi connectivity index (χ0) is 14.1. The molecule has 0 spiro atoms. The van der Waals surface area contributed by atoms with Crippen molar-refractivity contribution < 1.29 is 13.9 Å². The fourth-order valence-corrected chi connectivity index (χ4v) is 2.28. The molecule has 1 N–H and O–H groups in total. The summed E-state index contributed by atoms with van der Waals surface area (Å²) in [7, 11) is 0. The van der Waals surface area contributed by atoms with Crippen molar-refractivity contribution in [2.45, 2.75) is 20.3 Å². The van der Waals surface area contributed by atoms with E-state index in [4.69, 9.17) is 9.47 Å². The topological polar surface area (TPSA) is 30.5 Å². The average molecular weight is 273 g/mol. The number of halogens is 1. The van der Waals surface area contributed by atoms with Crippen molar-refractivity contribution >= 4 is 5.69 Å². The van der Waals surface area contributed by atoms with Crippen LogP contribution >= 0.6 is 0 Å². The second kappa shape index (κ2) is 5.04. The number of nitrogens with one attached hydrogen (secondary N) is 1. The van der Waals surface area contributed by atoms with Crippen molar-refractivity contribution in [3.8, 4) is 17.2 Å². The highest BCUT2D eigenvalue weighted by Gasteiger charge is 2.14. The van der Waals surface area contributed by atoms with Crippen LogP contribution in [0.25, 0.3) is 0 Å². The first-order chi connectivity index (χ1) is 9.67. The van der Waals surface area contributed by atoms with Gasteiger partial charge in [-0.15, -0.1) is 0 Å². The Morgan fingerprint density at radius 1 is 1.30 bits per heavy atom. The second-order valence-electron chi connectivity index (χ2n) is 4.80. The molecule has 4 heteroatoms. The smallest absolute Gasteiger partial charge is 0.166 e. The Balaban J connectivity index is 1.91. The summed E-state index contributed by atoms with van der Waals surface area (Å²) >= 11 is 0. The maximum atomic E-state index is 14.1. The third-order valence-corrected chi connectivity index (χ3v) is 3.36. The van der Waals surface area contributed by atoms with Crippen molar-refractivity contribution in [2.24, 2.45) is 0 Å². The first kappa shape index (κ1) is 12.8. The van der Waals surface area contributed by atoms with Crippen LogP contribution in [0.15, 0.2) is 30.3 Å². The minimum atomic E-state index is -0.332. The summed E-state index contributed by atoms with van der Waals surface area (Å²) in [6, 6.07) is 8.90. The molecule has 20 heavy (non-hydrogen) atoms. The van der Waals surface area contributed by atoms with Crippen molar-refractivity contribution in [3.05, 3.63) is 47.3 Å². The number of hydrogen-bond acceptors (Lipinski definition) is 3. The zero-order valence-electron chi connectivity index (χ0n) is 11.5. The van der Waals surface area contributed by atoms with Gasteiger partial charge in [-0.2, -0.15) is 0 Å². The van der Waals surface area contributed by atoms with Gasteiger partial charge < -0.3 is 14.8 Å². The van der Waals surface area contributed by atoms with Crippen molar-refractivity contribution in [3.63, 3.8) is 0 Å². The van der Waals surface area contributed by atoms with E-state index in [0.717, 1.165) is 29.0 Å². The van der Waals surface area contributed by atoms with Crippen molar-refractivity contribution in [1.82, 2.24) is 0 Å². The molecule has 2 aromatic rings. The summed E-state index contributed by atoms with van der Waals surface area (Å²) in [4.78, 5) is 0. The van der Waals surface area contributed by atoms with Crippen LogP contribution in [-0.2, 0) is 6.42 Å². The minimum absolute atomic E-state index is 0.271. The molecule has 3 nitrogen and oxygen atoms in total. The number of fused-ring (bicyclic) bond motifs is 1. The first-order valence-electron chi connectivity index (χ1n) is 6.65. The van der Waals surface area contributed by atoms with Crippen LogP contribution < -0.4 is 14.8 Å². The van der Waals surface area contributed by atoms with Gasteiger partial charge in [0.05, 0.1) is 5.69 Å². The van der Waals surface area contributed by atoms with E-state index >= 15 is 0 Å². The molecule has 104 valence electrons. The van der Waals surface area contributed by atoms with Gasteiger partial charge in [0.1, 0.15) is 11.5 Å². The van der Waals surface area contributed by atoms with E-state index in [1.54, 1.807) is 12.1 Å². The molecule has 0 aromatic heterocycles. The Labute approximate surface area is 117 Å². The Morgan fingerprint density at radius 2 is 2.15 bits per heavy atom. The van der Waals surface area contributed by atoms with Crippen LogP contribution in [0.4, 0.5) is 10.1 Å². The van der Waals surface area contributed by atoms with E-state index in [-0.39, 0.29) is 11.6 Å². The van der Waals surface area contributed by atoms with Gasteiger partial charge in [-0.05, 0) is 42.7 Å². The zero-order valence-corrected chi connectivity index (χ0v) is 11.5. The largest absolute Gasteiger partial charge is 0.471 e. The fraction of sp³-hybridized carbons (Fsp3) is 0.250. The molecule has 0 aliphatic carbocycles. The van der Waals surface area contributed by atoms with Gasteiger partial charge >= 0.3 is 0 Å². The van der Waals surface area contributed by atoms with Gasteiger partial charge in [-0.1, -0.05) is 13.0 Å². The number of hydrogen-bond donors (Lipinski definition) is 1. The van der Waals surface area contributed by atoms with Crippen molar-refractivity contribution in [2.75, 3.05) is 12.0 Å². The summed E-state index contributed by atoms with van der Waals surface area (Å²) in [5.41, 5.74) is 2.69. The van der Waals surface area contributed by atoms with Crippen LogP contribution in [-0.4, -0.2) is 6.73 Å². The Hall–Kier alpha value is -2.23. The van der Waals surface area contributed by atoms with Crippen LogP contribution in [0.2, 0.25) is 0 Å². The van der Waals surface area contributed by atoms with Gasteiger partial charge in [0.25, 0.3) is 0 Å². The highest BCUT2D eigenvalue weighted by atomic mass is 19.1. The third kappa shape index (κ3) is 2.29. The Bertz CT molecular complexity index is 632. The second-order valence-corrected chi connectivity index (χ2v) is 4.80. The summed E-state index contributed by atoms with van der Waals surface area (Å²) in [5, 5.41) is 3.08.